The number of ketones is 1. The van der Waals surface area contributed by atoms with E-state index in [-0.39, 0.29) is 16.8 Å². The Morgan fingerprint density at radius 2 is 1.89 bits per heavy atom. The van der Waals surface area contributed by atoms with E-state index in [2.05, 4.69) is 46.3 Å². The van der Waals surface area contributed by atoms with Crippen LogP contribution < -0.4 is 0 Å². The minimum Gasteiger partial charge on any atom is -0.445 e. The van der Waals surface area contributed by atoms with Gasteiger partial charge in [-0.1, -0.05) is 19.4 Å². The van der Waals surface area contributed by atoms with E-state index in [0.717, 1.165) is 44.9 Å². The topological polar surface area (TPSA) is 43.4 Å². The molecule has 3 saturated carbocycles. The number of rotatable bonds is 1. The lowest BCUT2D eigenvalue weighted by Gasteiger charge is -2.58. The monoisotopic (exact) mass is 480 g/mol. The van der Waals surface area contributed by atoms with Crippen LogP contribution in [0.4, 0.5) is 0 Å². The lowest BCUT2D eigenvalue weighted by atomic mass is 9.46. The van der Waals surface area contributed by atoms with Crippen molar-refractivity contribution in [2.75, 3.05) is 0 Å². The molecule has 0 aromatic carbocycles. The van der Waals surface area contributed by atoms with Crippen LogP contribution in [0.5, 0.6) is 0 Å². The van der Waals surface area contributed by atoms with E-state index in [9.17, 15) is 9.59 Å². The third-order valence-corrected chi connectivity index (χ3v) is 8.92. The number of allylic oxidation sites excluding steroid dienone is 1. The first-order valence-corrected chi connectivity index (χ1v) is 11.4. The molecule has 146 valence electrons. The molecular weight excluding hydrogens is 451 g/mol. The van der Waals surface area contributed by atoms with E-state index < -0.39 is 5.60 Å². The highest BCUT2D eigenvalue weighted by Gasteiger charge is 2.65. The van der Waals surface area contributed by atoms with Crippen molar-refractivity contribution in [1.29, 1.82) is 0 Å². The fourth-order valence-electron chi connectivity index (χ4n) is 7.28. The van der Waals surface area contributed by atoms with Crippen molar-refractivity contribution in [3.8, 4) is 9.85 Å². The number of esters is 1. The molecule has 0 unspecified atom stereocenters. The first kappa shape index (κ1) is 19.5. The Hall–Kier alpha value is -0.830. The average Bonchev–Trinajstić information content (AvgIpc) is 2.88. The molecule has 0 N–H and O–H groups in total. The van der Waals surface area contributed by atoms with Crippen LogP contribution in [0.15, 0.2) is 11.6 Å². The Bertz CT molecular complexity index is 774. The van der Waals surface area contributed by atoms with Gasteiger partial charge < -0.3 is 4.74 Å². The Balaban J connectivity index is 1.70. The van der Waals surface area contributed by atoms with Gasteiger partial charge >= 0.3 is 5.97 Å². The van der Waals surface area contributed by atoms with E-state index >= 15 is 0 Å². The van der Waals surface area contributed by atoms with Gasteiger partial charge in [0, 0.05) is 41.4 Å². The van der Waals surface area contributed by atoms with Gasteiger partial charge in [-0.25, -0.2) is 0 Å². The van der Waals surface area contributed by atoms with Gasteiger partial charge in [-0.3, -0.25) is 9.59 Å². The summed E-state index contributed by atoms with van der Waals surface area (Å²) in [7, 11) is 0. The second kappa shape index (κ2) is 6.61. The van der Waals surface area contributed by atoms with Gasteiger partial charge in [-0.15, -0.1) is 0 Å². The smallest absolute Gasteiger partial charge is 0.304 e. The molecule has 3 fully saturated rings. The maximum atomic E-state index is 12.0. The molecule has 4 aliphatic rings. The normalized spacial score (nSPS) is 45.6. The van der Waals surface area contributed by atoms with Crippen molar-refractivity contribution in [1.82, 2.24) is 0 Å². The van der Waals surface area contributed by atoms with Crippen LogP contribution in [0.1, 0.15) is 72.1 Å². The SMILES string of the molecule is CC(=O)O[C@@]1(C#CI)CC[C@H]2[C@@H]3CCC4=CC(=O)CC[C@]4(C)[C@H]3CC[C@@]21C. The van der Waals surface area contributed by atoms with Crippen LogP contribution in [0.2, 0.25) is 0 Å². The molecule has 4 heteroatoms. The highest BCUT2D eigenvalue weighted by Crippen LogP contribution is 2.68. The quantitative estimate of drug-likeness (QED) is 0.294. The maximum Gasteiger partial charge on any atom is 0.304 e. The number of fused-ring (bicyclic) bond motifs is 5. The van der Waals surface area contributed by atoms with Gasteiger partial charge in [-0.05, 0) is 84.0 Å². The second-order valence-corrected chi connectivity index (χ2v) is 10.1. The zero-order valence-electron chi connectivity index (χ0n) is 16.6. The lowest BCUT2D eigenvalue weighted by molar-refractivity contribution is -0.169. The van der Waals surface area contributed by atoms with Gasteiger partial charge in [0.15, 0.2) is 11.4 Å². The van der Waals surface area contributed by atoms with Crippen LogP contribution in [-0.2, 0) is 14.3 Å². The second-order valence-electron chi connectivity index (χ2n) is 9.60. The van der Waals surface area contributed by atoms with Crippen LogP contribution in [0.25, 0.3) is 0 Å². The summed E-state index contributed by atoms with van der Waals surface area (Å²) in [6, 6.07) is 0. The molecule has 0 radical (unpaired) electrons. The van der Waals surface area contributed by atoms with Crippen molar-refractivity contribution in [2.24, 2.45) is 28.6 Å². The Kier molecular flexibility index (Phi) is 4.77. The highest BCUT2D eigenvalue weighted by atomic mass is 127. The average molecular weight is 480 g/mol. The molecule has 0 bridgehead atoms. The summed E-state index contributed by atoms with van der Waals surface area (Å²) in [5.74, 6) is 5.26. The summed E-state index contributed by atoms with van der Waals surface area (Å²) in [4.78, 5) is 23.9. The molecule has 3 nitrogen and oxygen atoms in total. The molecule has 4 rings (SSSR count). The summed E-state index contributed by atoms with van der Waals surface area (Å²) in [5, 5.41) is 0. The fraction of sp³-hybridized carbons (Fsp3) is 0.739. The molecule has 6 atom stereocenters. The fourth-order valence-corrected chi connectivity index (χ4v) is 7.71. The summed E-state index contributed by atoms with van der Waals surface area (Å²) in [6.45, 7) is 6.24. The molecule has 4 aliphatic carbocycles. The van der Waals surface area contributed by atoms with Crippen molar-refractivity contribution < 1.29 is 14.3 Å². The summed E-state index contributed by atoms with van der Waals surface area (Å²) >= 11 is 2.08. The third-order valence-electron chi connectivity index (χ3n) is 8.65. The third kappa shape index (κ3) is 2.74. The lowest BCUT2D eigenvalue weighted by Crippen LogP contribution is -2.55. The van der Waals surface area contributed by atoms with Crippen LogP contribution in [0, 0.1) is 38.4 Å². The molecule has 0 heterocycles. The van der Waals surface area contributed by atoms with Crippen LogP contribution in [-0.4, -0.2) is 17.4 Å². The molecule has 0 aliphatic heterocycles. The standard InChI is InChI=1S/C23H29IO3/c1-15(25)27-23(12-13-24)11-8-20-18-5-4-16-14-17(26)6-9-21(16,2)19(18)7-10-22(20,23)3/h14,18-20H,4-11H2,1-3H3/t18-,19+,20+,21+,22+,23-/m1/s1. The number of carbonyl (C=O) groups is 2. The van der Waals surface area contributed by atoms with E-state index in [1.807, 2.05) is 6.08 Å². The molecular formula is C23H29IO3. The van der Waals surface area contributed by atoms with E-state index in [4.69, 9.17) is 4.74 Å². The largest absolute Gasteiger partial charge is 0.445 e. The Morgan fingerprint density at radius 3 is 2.59 bits per heavy atom. The van der Waals surface area contributed by atoms with Gasteiger partial charge in [0.05, 0.1) is 0 Å². The van der Waals surface area contributed by atoms with Crippen molar-refractivity contribution in [3.05, 3.63) is 11.6 Å². The van der Waals surface area contributed by atoms with Crippen LogP contribution in [0.3, 0.4) is 0 Å². The maximum absolute atomic E-state index is 12.0. The number of carbonyl (C=O) groups excluding carboxylic acids is 2. The number of hydrogen-bond donors (Lipinski definition) is 0. The highest BCUT2D eigenvalue weighted by molar-refractivity contribution is 14.1. The molecule has 0 saturated heterocycles. The minimum absolute atomic E-state index is 0.0694. The zero-order chi connectivity index (χ0) is 19.4. The molecule has 0 amide bonds. The first-order valence-electron chi connectivity index (χ1n) is 10.3. The summed E-state index contributed by atoms with van der Waals surface area (Å²) in [5.41, 5.74) is 0.884. The summed E-state index contributed by atoms with van der Waals surface area (Å²) in [6.07, 6.45) is 10.0. The summed E-state index contributed by atoms with van der Waals surface area (Å²) < 4.78 is 9.00. The van der Waals surface area contributed by atoms with Gasteiger partial charge in [-0.2, -0.15) is 0 Å². The Morgan fingerprint density at radius 1 is 1.15 bits per heavy atom. The number of ether oxygens (including phenoxy) is 1. The minimum atomic E-state index is -0.630. The van der Waals surface area contributed by atoms with Crippen molar-refractivity contribution in [2.45, 2.75) is 77.7 Å². The van der Waals surface area contributed by atoms with Gasteiger partial charge in [0.1, 0.15) is 0 Å². The zero-order valence-corrected chi connectivity index (χ0v) is 18.7. The number of halogens is 1. The van der Waals surface area contributed by atoms with E-state index in [0.29, 0.717) is 30.0 Å². The predicted octanol–water partition coefficient (Wildman–Crippen LogP) is 5.22. The predicted molar refractivity (Wildman–Crippen MR) is 113 cm³/mol. The van der Waals surface area contributed by atoms with Crippen molar-refractivity contribution in [3.63, 3.8) is 0 Å². The Labute approximate surface area is 176 Å². The van der Waals surface area contributed by atoms with E-state index in [1.54, 1.807) is 0 Å². The van der Waals surface area contributed by atoms with Gasteiger partial charge in [0.2, 0.25) is 0 Å². The van der Waals surface area contributed by atoms with Crippen LogP contribution >= 0.6 is 22.6 Å². The van der Waals surface area contributed by atoms with Gasteiger partial charge in [0.25, 0.3) is 0 Å². The molecule has 27 heavy (non-hydrogen) atoms. The van der Waals surface area contributed by atoms with E-state index in [1.165, 1.54) is 12.5 Å². The molecule has 0 spiro atoms. The number of hydrogen-bond acceptors (Lipinski definition) is 3. The molecule has 0 aromatic heterocycles. The first-order chi connectivity index (χ1) is 12.8. The van der Waals surface area contributed by atoms with Crippen molar-refractivity contribution >= 4 is 34.3 Å². The molecule has 0 aromatic rings.